The van der Waals surface area contributed by atoms with E-state index >= 15 is 0 Å². The van der Waals surface area contributed by atoms with Gasteiger partial charge in [0.2, 0.25) is 0 Å². The van der Waals surface area contributed by atoms with Crippen molar-refractivity contribution in [2.45, 2.75) is 33.3 Å². The van der Waals surface area contributed by atoms with E-state index in [1.807, 2.05) is 25.1 Å². The van der Waals surface area contributed by atoms with Crippen LogP contribution in [0.4, 0.5) is 0 Å². The monoisotopic (exact) mass is 270 g/mol. The van der Waals surface area contributed by atoms with Gasteiger partial charge in [-0.25, -0.2) is 0 Å². The van der Waals surface area contributed by atoms with Gasteiger partial charge in [-0.05, 0) is 38.5 Å². The summed E-state index contributed by atoms with van der Waals surface area (Å²) in [6.07, 6.45) is 0.0496. The number of aryl methyl sites for hydroxylation is 3. The average molecular weight is 270 g/mol. The van der Waals surface area contributed by atoms with Crippen LogP contribution in [-0.2, 0) is 6.42 Å². The molecule has 0 aromatic heterocycles. The van der Waals surface area contributed by atoms with E-state index in [0.717, 1.165) is 22.4 Å². The van der Waals surface area contributed by atoms with Gasteiger partial charge in [0.25, 0.3) is 0 Å². The SMILES string of the molecule is COc1ccc(C)cc1C(O)Cc1cc(C)cc(C)c1. The predicted octanol–water partition coefficient (Wildman–Crippen LogP) is 3.90. The highest BCUT2D eigenvalue weighted by molar-refractivity contribution is 5.39. The van der Waals surface area contributed by atoms with E-state index in [2.05, 4.69) is 32.0 Å². The number of hydrogen-bond acceptors (Lipinski definition) is 2. The molecule has 106 valence electrons. The molecule has 0 radical (unpaired) electrons. The number of benzene rings is 2. The number of aliphatic hydroxyl groups excluding tert-OH is 1. The summed E-state index contributed by atoms with van der Waals surface area (Å²) in [6, 6.07) is 12.3. The molecule has 2 heteroatoms. The minimum atomic E-state index is -0.550. The molecule has 1 atom stereocenters. The fraction of sp³-hybridized carbons (Fsp3) is 0.333. The maximum atomic E-state index is 10.5. The Morgan fingerprint density at radius 3 is 2.20 bits per heavy atom. The predicted molar refractivity (Wildman–Crippen MR) is 82.3 cm³/mol. The second kappa shape index (κ2) is 6.10. The second-order valence-electron chi connectivity index (χ2n) is 5.46. The first kappa shape index (κ1) is 14.6. The molecule has 2 aromatic rings. The summed E-state index contributed by atoms with van der Waals surface area (Å²) in [6.45, 7) is 6.18. The first-order valence-electron chi connectivity index (χ1n) is 6.89. The van der Waals surface area contributed by atoms with Gasteiger partial charge >= 0.3 is 0 Å². The van der Waals surface area contributed by atoms with Gasteiger partial charge < -0.3 is 9.84 Å². The summed E-state index contributed by atoms with van der Waals surface area (Å²) >= 11 is 0. The van der Waals surface area contributed by atoms with Crippen LogP contribution in [-0.4, -0.2) is 12.2 Å². The maximum Gasteiger partial charge on any atom is 0.124 e. The van der Waals surface area contributed by atoms with Gasteiger partial charge in [-0.2, -0.15) is 0 Å². The van der Waals surface area contributed by atoms with Crippen molar-refractivity contribution in [1.29, 1.82) is 0 Å². The lowest BCUT2D eigenvalue weighted by molar-refractivity contribution is 0.174. The molecule has 0 bridgehead atoms. The van der Waals surface area contributed by atoms with Crippen LogP contribution in [0.5, 0.6) is 5.75 Å². The van der Waals surface area contributed by atoms with Crippen molar-refractivity contribution in [3.05, 3.63) is 64.2 Å². The van der Waals surface area contributed by atoms with Crippen molar-refractivity contribution in [2.24, 2.45) is 0 Å². The molecule has 0 aliphatic rings. The minimum Gasteiger partial charge on any atom is -0.496 e. The lowest BCUT2D eigenvalue weighted by Crippen LogP contribution is -2.05. The lowest BCUT2D eigenvalue weighted by Gasteiger charge is -2.16. The Morgan fingerprint density at radius 2 is 1.60 bits per heavy atom. The Hall–Kier alpha value is -1.80. The third-order valence-electron chi connectivity index (χ3n) is 3.45. The van der Waals surface area contributed by atoms with E-state index in [0.29, 0.717) is 6.42 Å². The average Bonchev–Trinajstić information content (AvgIpc) is 2.37. The smallest absolute Gasteiger partial charge is 0.124 e. The fourth-order valence-corrected chi connectivity index (χ4v) is 2.63. The van der Waals surface area contributed by atoms with Crippen LogP contribution in [0.25, 0.3) is 0 Å². The van der Waals surface area contributed by atoms with Crippen molar-refractivity contribution < 1.29 is 9.84 Å². The summed E-state index contributed by atoms with van der Waals surface area (Å²) in [4.78, 5) is 0. The highest BCUT2D eigenvalue weighted by atomic mass is 16.5. The van der Waals surface area contributed by atoms with E-state index < -0.39 is 6.10 Å². The quantitative estimate of drug-likeness (QED) is 0.913. The third-order valence-corrected chi connectivity index (χ3v) is 3.45. The molecule has 0 aliphatic heterocycles. The van der Waals surface area contributed by atoms with Crippen LogP contribution >= 0.6 is 0 Å². The van der Waals surface area contributed by atoms with Gasteiger partial charge in [-0.15, -0.1) is 0 Å². The maximum absolute atomic E-state index is 10.5. The Bertz CT molecular complexity index is 582. The summed E-state index contributed by atoms with van der Waals surface area (Å²) in [5.74, 6) is 0.743. The molecule has 20 heavy (non-hydrogen) atoms. The molecular weight excluding hydrogens is 248 g/mol. The van der Waals surface area contributed by atoms with Crippen molar-refractivity contribution in [3.8, 4) is 5.75 Å². The Labute approximate surface area is 121 Å². The van der Waals surface area contributed by atoms with Gasteiger partial charge in [0, 0.05) is 12.0 Å². The van der Waals surface area contributed by atoms with Gasteiger partial charge in [0.15, 0.2) is 0 Å². The van der Waals surface area contributed by atoms with E-state index in [4.69, 9.17) is 4.74 Å². The number of hydrogen-bond donors (Lipinski definition) is 1. The molecule has 0 saturated carbocycles. The molecule has 0 fully saturated rings. The lowest BCUT2D eigenvalue weighted by atomic mass is 9.97. The highest BCUT2D eigenvalue weighted by Crippen LogP contribution is 2.29. The van der Waals surface area contributed by atoms with Crippen molar-refractivity contribution in [3.63, 3.8) is 0 Å². The first-order chi connectivity index (χ1) is 9.49. The van der Waals surface area contributed by atoms with E-state index in [1.165, 1.54) is 11.1 Å². The zero-order valence-electron chi connectivity index (χ0n) is 12.6. The normalized spacial score (nSPS) is 12.2. The number of ether oxygens (including phenoxy) is 1. The van der Waals surface area contributed by atoms with Gasteiger partial charge in [0.05, 0.1) is 13.2 Å². The van der Waals surface area contributed by atoms with Crippen molar-refractivity contribution in [1.82, 2.24) is 0 Å². The molecule has 2 nitrogen and oxygen atoms in total. The second-order valence-corrected chi connectivity index (χ2v) is 5.46. The van der Waals surface area contributed by atoms with Crippen molar-refractivity contribution >= 4 is 0 Å². The van der Waals surface area contributed by atoms with Crippen molar-refractivity contribution in [2.75, 3.05) is 7.11 Å². The molecule has 0 spiro atoms. The third kappa shape index (κ3) is 3.40. The summed E-state index contributed by atoms with van der Waals surface area (Å²) in [5, 5.41) is 10.5. The summed E-state index contributed by atoms with van der Waals surface area (Å²) in [7, 11) is 1.64. The van der Waals surface area contributed by atoms with Gasteiger partial charge in [0.1, 0.15) is 5.75 Å². The Kier molecular flexibility index (Phi) is 4.46. The zero-order chi connectivity index (χ0) is 14.7. The van der Waals surface area contributed by atoms with Crippen LogP contribution in [0.1, 0.15) is 33.9 Å². The highest BCUT2D eigenvalue weighted by Gasteiger charge is 2.14. The molecule has 2 aromatic carbocycles. The van der Waals surface area contributed by atoms with Crippen LogP contribution in [0.15, 0.2) is 36.4 Å². The van der Waals surface area contributed by atoms with Gasteiger partial charge in [-0.1, -0.05) is 41.0 Å². The topological polar surface area (TPSA) is 29.5 Å². The van der Waals surface area contributed by atoms with E-state index in [1.54, 1.807) is 7.11 Å². The zero-order valence-corrected chi connectivity index (χ0v) is 12.6. The van der Waals surface area contributed by atoms with E-state index in [-0.39, 0.29) is 0 Å². The molecular formula is C18H22O2. The molecule has 0 amide bonds. The standard InChI is InChI=1S/C18H22O2/c1-12-5-6-18(20-4)16(10-12)17(19)11-15-8-13(2)7-14(3)9-15/h5-10,17,19H,11H2,1-4H3. The first-order valence-corrected chi connectivity index (χ1v) is 6.89. The Morgan fingerprint density at radius 1 is 0.950 bits per heavy atom. The number of methoxy groups -OCH3 is 1. The molecule has 1 N–H and O–H groups in total. The molecule has 2 rings (SSSR count). The Balaban J connectivity index is 2.27. The summed E-state index contributed by atoms with van der Waals surface area (Å²) in [5.41, 5.74) is 5.58. The van der Waals surface area contributed by atoms with Gasteiger partial charge in [-0.3, -0.25) is 0 Å². The summed E-state index contributed by atoms with van der Waals surface area (Å²) < 4.78 is 5.35. The molecule has 0 saturated heterocycles. The van der Waals surface area contributed by atoms with Crippen LogP contribution in [0.2, 0.25) is 0 Å². The number of aliphatic hydroxyl groups is 1. The minimum absolute atomic E-state index is 0.550. The van der Waals surface area contributed by atoms with E-state index in [9.17, 15) is 5.11 Å². The van der Waals surface area contributed by atoms with Crippen LogP contribution in [0.3, 0.4) is 0 Å². The molecule has 0 aliphatic carbocycles. The van der Waals surface area contributed by atoms with Crippen LogP contribution in [0, 0.1) is 20.8 Å². The largest absolute Gasteiger partial charge is 0.496 e. The molecule has 1 unspecified atom stereocenters. The van der Waals surface area contributed by atoms with Crippen LogP contribution < -0.4 is 4.74 Å². The molecule has 0 heterocycles. The number of rotatable bonds is 4. The fourth-order valence-electron chi connectivity index (χ4n) is 2.63.